The maximum absolute atomic E-state index is 13.0. The first-order valence-corrected chi connectivity index (χ1v) is 8.68. The standard InChI is InChI=1S/C20H22N2O3/c23-19(16-12-17(20(24)25)14-21-13-16)22(18-8-4-5-9-18)11-10-15-6-2-1-3-7-15/h1-3,6-7,12-14,18H,4-5,8-11H2,(H,24,25). The fourth-order valence-corrected chi connectivity index (χ4v) is 3.40. The van der Waals surface area contributed by atoms with Crippen LogP contribution in [-0.4, -0.2) is 39.5 Å². The van der Waals surface area contributed by atoms with Crippen LogP contribution in [0.4, 0.5) is 0 Å². The third-order valence-corrected chi connectivity index (χ3v) is 4.74. The average molecular weight is 338 g/mol. The molecule has 1 aromatic heterocycles. The Morgan fingerprint density at radius 2 is 1.76 bits per heavy atom. The molecular formula is C20H22N2O3. The number of aromatic nitrogens is 1. The van der Waals surface area contributed by atoms with Gasteiger partial charge in [-0.05, 0) is 30.9 Å². The molecule has 1 saturated carbocycles. The second-order valence-electron chi connectivity index (χ2n) is 6.44. The largest absolute Gasteiger partial charge is 0.478 e. The maximum Gasteiger partial charge on any atom is 0.337 e. The molecule has 1 heterocycles. The lowest BCUT2D eigenvalue weighted by molar-refractivity contribution is 0.0683. The van der Waals surface area contributed by atoms with Gasteiger partial charge in [-0.15, -0.1) is 0 Å². The van der Waals surface area contributed by atoms with Crippen LogP contribution in [0.2, 0.25) is 0 Å². The fraction of sp³-hybridized carbons (Fsp3) is 0.350. The van der Waals surface area contributed by atoms with Gasteiger partial charge in [0.05, 0.1) is 11.1 Å². The van der Waals surface area contributed by atoms with E-state index >= 15 is 0 Å². The van der Waals surface area contributed by atoms with Crippen LogP contribution in [0.1, 0.15) is 52.0 Å². The van der Waals surface area contributed by atoms with E-state index in [1.165, 1.54) is 24.0 Å². The van der Waals surface area contributed by atoms with Gasteiger partial charge in [-0.3, -0.25) is 9.78 Å². The van der Waals surface area contributed by atoms with Crippen molar-refractivity contribution in [2.24, 2.45) is 0 Å². The first-order chi connectivity index (χ1) is 12.1. The van der Waals surface area contributed by atoms with E-state index in [-0.39, 0.29) is 17.5 Å². The highest BCUT2D eigenvalue weighted by atomic mass is 16.4. The van der Waals surface area contributed by atoms with Crippen molar-refractivity contribution in [2.75, 3.05) is 6.54 Å². The quantitative estimate of drug-likeness (QED) is 0.876. The first kappa shape index (κ1) is 17.1. The summed E-state index contributed by atoms with van der Waals surface area (Å²) >= 11 is 0. The van der Waals surface area contributed by atoms with Crippen molar-refractivity contribution in [3.05, 3.63) is 65.5 Å². The van der Waals surface area contributed by atoms with E-state index in [2.05, 4.69) is 17.1 Å². The molecule has 0 spiro atoms. The van der Waals surface area contributed by atoms with Crippen LogP contribution in [0.15, 0.2) is 48.8 Å². The third kappa shape index (κ3) is 4.24. The smallest absolute Gasteiger partial charge is 0.337 e. The Hall–Kier alpha value is -2.69. The average Bonchev–Trinajstić information content (AvgIpc) is 3.17. The molecule has 5 heteroatoms. The van der Waals surface area contributed by atoms with Crippen molar-refractivity contribution in [3.8, 4) is 0 Å². The van der Waals surface area contributed by atoms with E-state index in [4.69, 9.17) is 5.11 Å². The molecule has 0 saturated heterocycles. The molecule has 0 radical (unpaired) electrons. The van der Waals surface area contributed by atoms with Crippen LogP contribution in [0.25, 0.3) is 0 Å². The third-order valence-electron chi connectivity index (χ3n) is 4.74. The summed E-state index contributed by atoms with van der Waals surface area (Å²) in [6, 6.07) is 11.7. The van der Waals surface area contributed by atoms with Crippen LogP contribution >= 0.6 is 0 Å². The van der Waals surface area contributed by atoms with Crippen molar-refractivity contribution >= 4 is 11.9 Å². The molecule has 1 N–H and O–H groups in total. The normalized spacial score (nSPS) is 14.4. The number of carbonyl (C=O) groups is 2. The Balaban J connectivity index is 1.79. The van der Waals surface area contributed by atoms with E-state index in [1.807, 2.05) is 23.1 Å². The van der Waals surface area contributed by atoms with Crippen molar-refractivity contribution in [2.45, 2.75) is 38.1 Å². The van der Waals surface area contributed by atoms with E-state index in [1.54, 1.807) is 0 Å². The van der Waals surface area contributed by atoms with E-state index < -0.39 is 5.97 Å². The summed E-state index contributed by atoms with van der Waals surface area (Å²) in [6.07, 6.45) is 7.79. The van der Waals surface area contributed by atoms with Gasteiger partial charge in [-0.25, -0.2) is 4.79 Å². The van der Waals surface area contributed by atoms with E-state index in [0.29, 0.717) is 12.1 Å². The Morgan fingerprint density at radius 3 is 2.44 bits per heavy atom. The number of carboxylic acids is 1. The van der Waals surface area contributed by atoms with E-state index in [9.17, 15) is 9.59 Å². The summed E-state index contributed by atoms with van der Waals surface area (Å²) in [5.41, 5.74) is 1.58. The molecule has 0 aliphatic heterocycles. The van der Waals surface area contributed by atoms with Crippen molar-refractivity contribution in [1.82, 2.24) is 9.88 Å². The van der Waals surface area contributed by atoms with Gasteiger partial charge in [0.1, 0.15) is 0 Å². The van der Waals surface area contributed by atoms with Crippen molar-refractivity contribution in [3.63, 3.8) is 0 Å². The van der Waals surface area contributed by atoms with Gasteiger partial charge < -0.3 is 10.0 Å². The second-order valence-corrected chi connectivity index (χ2v) is 6.44. The van der Waals surface area contributed by atoms with Crippen LogP contribution in [0.3, 0.4) is 0 Å². The first-order valence-electron chi connectivity index (χ1n) is 8.68. The lowest BCUT2D eigenvalue weighted by atomic mass is 10.1. The van der Waals surface area contributed by atoms with Crippen LogP contribution in [-0.2, 0) is 6.42 Å². The summed E-state index contributed by atoms with van der Waals surface area (Å²) in [4.78, 5) is 30.0. The lowest BCUT2D eigenvalue weighted by Gasteiger charge is -2.29. The summed E-state index contributed by atoms with van der Waals surface area (Å²) in [6.45, 7) is 0.630. The van der Waals surface area contributed by atoms with Crippen LogP contribution in [0, 0.1) is 0 Å². The molecule has 130 valence electrons. The number of nitrogens with zero attached hydrogens (tertiary/aromatic N) is 2. The molecule has 1 aliphatic carbocycles. The highest BCUT2D eigenvalue weighted by Gasteiger charge is 2.27. The molecule has 2 aromatic rings. The number of aromatic carboxylic acids is 1. The van der Waals surface area contributed by atoms with Crippen LogP contribution in [0.5, 0.6) is 0 Å². The maximum atomic E-state index is 13.0. The summed E-state index contributed by atoms with van der Waals surface area (Å²) < 4.78 is 0. The van der Waals surface area contributed by atoms with Crippen LogP contribution < -0.4 is 0 Å². The Morgan fingerprint density at radius 1 is 1.08 bits per heavy atom. The molecule has 1 amide bonds. The van der Waals surface area contributed by atoms with Gasteiger partial charge in [0.15, 0.2) is 0 Å². The highest BCUT2D eigenvalue weighted by molar-refractivity contribution is 5.97. The van der Waals surface area contributed by atoms with Gasteiger partial charge >= 0.3 is 5.97 Å². The number of pyridine rings is 1. The molecule has 0 bridgehead atoms. The summed E-state index contributed by atoms with van der Waals surface area (Å²) in [5, 5.41) is 9.13. The lowest BCUT2D eigenvalue weighted by Crippen LogP contribution is -2.40. The zero-order chi connectivity index (χ0) is 17.6. The topological polar surface area (TPSA) is 70.5 Å². The van der Waals surface area contributed by atoms with Gasteiger partial charge in [0.25, 0.3) is 5.91 Å². The number of benzene rings is 1. The van der Waals surface area contributed by atoms with E-state index in [0.717, 1.165) is 32.1 Å². The fourth-order valence-electron chi connectivity index (χ4n) is 3.40. The predicted molar refractivity (Wildman–Crippen MR) is 94.6 cm³/mol. The zero-order valence-electron chi connectivity index (χ0n) is 14.1. The minimum absolute atomic E-state index is 0.0419. The van der Waals surface area contributed by atoms with Crippen molar-refractivity contribution in [1.29, 1.82) is 0 Å². The SMILES string of the molecule is O=C(O)c1cncc(C(=O)N(CCc2ccccc2)C2CCCC2)c1. The molecule has 0 atom stereocenters. The summed E-state index contributed by atoms with van der Waals surface area (Å²) in [5.74, 6) is -1.20. The molecule has 0 unspecified atom stereocenters. The summed E-state index contributed by atoms with van der Waals surface area (Å²) in [7, 11) is 0. The molecule has 1 aliphatic rings. The zero-order valence-corrected chi connectivity index (χ0v) is 14.1. The highest BCUT2D eigenvalue weighted by Crippen LogP contribution is 2.25. The molecule has 25 heavy (non-hydrogen) atoms. The Kier molecular flexibility index (Phi) is 5.43. The number of rotatable bonds is 6. The Labute approximate surface area is 147 Å². The number of hydrogen-bond acceptors (Lipinski definition) is 3. The van der Waals surface area contributed by atoms with Crippen molar-refractivity contribution < 1.29 is 14.7 Å². The Bertz CT molecular complexity index is 740. The molecule has 1 aromatic carbocycles. The van der Waals surface area contributed by atoms with Gasteiger partial charge in [0, 0.05) is 25.0 Å². The number of carboxylic acid groups (broad SMARTS) is 1. The minimum Gasteiger partial charge on any atom is -0.478 e. The van der Waals surface area contributed by atoms with Gasteiger partial charge in [0.2, 0.25) is 0 Å². The van der Waals surface area contributed by atoms with Gasteiger partial charge in [-0.1, -0.05) is 43.2 Å². The second kappa shape index (κ2) is 7.92. The number of amides is 1. The molecule has 5 nitrogen and oxygen atoms in total. The minimum atomic E-state index is -1.07. The number of hydrogen-bond donors (Lipinski definition) is 1. The molecular weight excluding hydrogens is 316 g/mol. The predicted octanol–water partition coefficient (Wildman–Crippen LogP) is 3.41. The van der Waals surface area contributed by atoms with Gasteiger partial charge in [-0.2, -0.15) is 0 Å². The molecule has 3 rings (SSSR count). The molecule has 1 fully saturated rings. The monoisotopic (exact) mass is 338 g/mol. The number of carbonyl (C=O) groups excluding carboxylic acids is 1.